The zero-order valence-corrected chi connectivity index (χ0v) is 15.4. The first-order chi connectivity index (χ1) is 15.0. The highest BCUT2D eigenvalue weighted by molar-refractivity contribution is 5.98. The number of nitrogens with two attached hydrogens (primary N) is 2. The second-order valence-corrected chi connectivity index (χ2v) is 6.09. The van der Waals surface area contributed by atoms with Crippen LogP contribution in [0.4, 0.5) is 36.2 Å². The Bertz CT molecular complexity index is 1250. The van der Waals surface area contributed by atoms with Crippen LogP contribution in [0.1, 0.15) is 22.7 Å². The molecule has 0 saturated heterocycles. The highest BCUT2D eigenvalue weighted by atomic mass is 19.4. The van der Waals surface area contributed by atoms with Crippen molar-refractivity contribution >= 4 is 29.0 Å². The number of nitrogens with one attached hydrogen (secondary N) is 2. The summed E-state index contributed by atoms with van der Waals surface area (Å²) < 4.78 is 42.0. The fourth-order valence-corrected chi connectivity index (χ4v) is 2.96. The summed E-state index contributed by atoms with van der Waals surface area (Å²) in [6, 6.07) is 1.19. The summed E-state index contributed by atoms with van der Waals surface area (Å²) in [4.78, 5) is 18.1. The van der Waals surface area contributed by atoms with Gasteiger partial charge in [-0.05, 0) is 6.07 Å². The summed E-state index contributed by atoms with van der Waals surface area (Å²) in [5, 5.41) is 44.6. The lowest BCUT2D eigenvalue weighted by atomic mass is 9.94. The zero-order valence-electron chi connectivity index (χ0n) is 15.4. The summed E-state index contributed by atoms with van der Waals surface area (Å²) >= 11 is 0. The van der Waals surface area contributed by atoms with E-state index in [1.807, 2.05) is 0 Å². The number of hydrogen-bond donors (Lipinski definition) is 5. The van der Waals surface area contributed by atoms with Crippen molar-refractivity contribution < 1.29 is 27.9 Å². The third-order valence-electron chi connectivity index (χ3n) is 4.18. The second-order valence-electron chi connectivity index (χ2n) is 6.09. The van der Waals surface area contributed by atoms with Crippen LogP contribution < -0.4 is 26.8 Å². The van der Waals surface area contributed by atoms with Gasteiger partial charge >= 0.3 is 12.0 Å². The van der Waals surface area contributed by atoms with Gasteiger partial charge in [-0.25, -0.2) is 9.98 Å². The minimum Gasteiger partial charge on any atom is -0.502 e. The Balaban J connectivity index is 2.34. The molecule has 2 heterocycles. The smallest absolute Gasteiger partial charge is 0.502 e. The number of ether oxygens (including phenoxy) is 1. The molecule has 1 unspecified atom stereocenters. The number of anilines is 3. The van der Waals surface area contributed by atoms with E-state index in [2.05, 4.69) is 25.3 Å². The van der Waals surface area contributed by atoms with Gasteiger partial charge in [0.2, 0.25) is 5.96 Å². The highest BCUT2D eigenvalue weighted by Gasteiger charge is 2.36. The van der Waals surface area contributed by atoms with Gasteiger partial charge < -0.3 is 26.6 Å². The molecule has 0 saturated carbocycles. The van der Waals surface area contributed by atoms with Gasteiger partial charge in [0.1, 0.15) is 35.1 Å². The monoisotopic (exact) mass is 449 g/mol. The third kappa shape index (κ3) is 3.87. The van der Waals surface area contributed by atoms with E-state index in [4.69, 9.17) is 16.7 Å². The van der Waals surface area contributed by atoms with Crippen molar-refractivity contribution in [1.82, 2.24) is 10.3 Å². The Morgan fingerprint density at radius 1 is 1.34 bits per heavy atom. The number of phenolic OH excluding ortho intramolecular Hbond substituents is 1. The van der Waals surface area contributed by atoms with Crippen molar-refractivity contribution in [2.75, 3.05) is 16.8 Å². The SMILES string of the molecule is N#CNC1=NC(c2cc(OC(F)(F)F)cc([N+](=O)[O-])c2O)c2c(nc(N)c(C#N)c2N)N1. The molecule has 7 N–H and O–H groups in total. The Labute approximate surface area is 175 Å². The van der Waals surface area contributed by atoms with Crippen molar-refractivity contribution in [3.05, 3.63) is 38.9 Å². The van der Waals surface area contributed by atoms with Gasteiger partial charge in [-0.2, -0.15) is 10.5 Å². The van der Waals surface area contributed by atoms with E-state index >= 15 is 0 Å². The Morgan fingerprint density at radius 3 is 2.59 bits per heavy atom. The molecule has 0 aliphatic carbocycles. The van der Waals surface area contributed by atoms with Crippen LogP contribution in [0.15, 0.2) is 17.1 Å². The van der Waals surface area contributed by atoms with Gasteiger partial charge in [0.05, 0.1) is 16.7 Å². The van der Waals surface area contributed by atoms with E-state index < -0.39 is 40.1 Å². The van der Waals surface area contributed by atoms with Crippen molar-refractivity contribution in [2.45, 2.75) is 12.4 Å². The highest BCUT2D eigenvalue weighted by Crippen LogP contribution is 2.47. The number of pyridine rings is 1. The molecular weight excluding hydrogens is 439 g/mol. The fourth-order valence-electron chi connectivity index (χ4n) is 2.96. The van der Waals surface area contributed by atoms with Crippen molar-refractivity contribution in [3.8, 4) is 23.8 Å². The summed E-state index contributed by atoms with van der Waals surface area (Å²) in [6.07, 6.45) is -3.65. The number of halogens is 3. The van der Waals surface area contributed by atoms with Crippen LogP contribution in [0.2, 0.25) is 0 Å². The first-order valence-corrected chi connectivity index (χ1v) is 8.22. The number of rotatable bonds is 3. The lowest BCUT2D eigenvalue weighted by Gasteiger charge is -2.26. The molecule has 1 aromatic heterocycles. The lowest BCUT2D eigenvalue weighted by Crippen LogP contribution is -2.32. The molecule has 0 spiro atoms. The Kier molecular flexibility index (Phi) is 5.21. The number of hydrogen-bond acceptors (Lipinski definition) is 12. The molecule has 0 bridgehead atoms. The number of nitrogens with zero attached hydrogens (tertiary/aromatic N) is 5. The average molecular weight is 449 g/mol. The quantitative estimate of drug-likeness (QED) is 0.196. The van der Waals surface area contributed by atoms with E-state index in [0.29, 0.717) is 12.1 Å². The minimum atomic E-state index is -5.20. The number of nitro groups is 1. The standard InChI is InChI=1S/C16H10F3N9O4/c17-16(18,19)32-5-1-6(12(29)8(2-5)28(30)31)11-9-10(22)7(3-20)13(23)26-14(9)27-15(25-11)24-4-21/h1-2,11,29H,(H6,22,23,24,25,26,27). The van der Waals surface area contributed by atoms with Gasteiger partial charge in [-0.3, -0.25) is 15.4 Å². The topological polar surface area (TPSA) is 222 Å². The molecule has 3 rings (SSSR count). The van der Waals surface area contributed by atoms with Gasteiger partial charge in [0, 0.05) is 11.1 Å². The number of alkyl halides is 3. The molecule has 0 amide bonds. The summed E-state index contributed by atoms with van der Waals surface area (Å²) in [5.41, 5.74) is 9.29. The maximum Gasteiger partial charge on any atom is 0.573 e. The third-order valence-corrected chi connectivity index (χ3v) is 4.18. The molecule has 16 heteroatoms. The molecule has 1 atom stereocenters. The molecule has 1 aliphatic rings. The predicted molar refractivity (Wildman–Crippen MR) is 101 cm³/mol. The molecule has 1 aliphatic heterocycles. The Hall–Kier alpha value is -4.99. The van der Waals surface area contributed by atoms with Gasteiger partial charge in [0.25, 0.3) is 0 Å². The van der Waals surface area contributed by atoms with Crippen LogP contribution in [0.3, 0.4) is 0 Å². The molecule has 32 heavy (non-hydrogen) atoms. The zero-order chi connectivity index (χ0) is 23.8. The number of nitriles is 2. The molecular formula is C16H10F3N9O4. The molecule has 0 fully saturated rings. The maximum atomic E-state index is 12.7. The number of nitro benzene ring substituents is 1. The maximum absolute atomic E-state index is 12.7. The molecule has 13 nitrogen and oxygen atoms in total. The molecule has 0 radical (unpaired) electrons. The summed E-state index contributed by atoms with van der Waals surface area (Å²) in [5.74, 6) is -2.81. The Morgan fingerprint density at radius 2 is 2.03 bits per heavy atom. The minimum absolute atomic E-state index is 0.131. The van der Waals surface area contributed by atoms with Crippen LogP contribution in [0.25, 0.3) is 0 Å². The molecule has 164 valence electrons. The number of phenols is 1. The van der Waals surface area contributed by atoms with E-state index in [1.165, 1.54) is 0 Å². The number of aromatic nitrogens is 1. The van der Waals surface area contributed by atoms with Crippen LogP contribution in [-0.4, -0.2) is 27.3 Å². The fraction of sp³-hybridized carbons (Fsp3) is 0.125. The average Bonchev–Trinajstić information content (AvgIpc) is 2.67. The summed E-state index contributed by atoms with van der Waals surface area (Å²) in [6.45, 7) is 0. The van der Waals surface area contributed by atoms with Crippen molar-refractivity contribution in [3.63, 3.8) is 0 Å². The predicted octanol–water partition coefficient (Wildman–Crippen LogP) is 1.57. The lowest BCUT2D eigenvalue weighted by molar-refractivity contribution is -0.386. The first kappa shape index (κ1) is 21.7. The van der Waals surface area contributed by atoms with E-state index in [1.54, 1.807) is 12.3 Å². The number of nitrogen functional groups attached to an aromatic ring is 2. The van der Waals surface area contributed by atoms with Crippen molar-refractivity contribution in [1.29, 1.82) is 10.5 Å². The number of guanidine groups is 1. The van der Waals surface area contributed by atoms with Gasteiger partial charge in [-0.15, -0.1) is 13.2 Å². The number of fused-ring (bicyclic) bond motifs is 1. The number of aliphatic imine (C=N–C) groups is 1. The van der Waals surface area contributed by atoms with Crippen molar-refractivity contribution in [2.24, 2.45) is 4.99 Å². The normalized spacial score (nSPS) is 14.8. The molecule has 1 aromatic carbocycles. The van der Waals surface area contributed by atoms with E-state index in [0.717, 1.165) is 0 Å². The van der Waals surface area contributed by atoms with Crippen LogP contribution >= 0.6 is 0 Å². The number of benzene rings is 1. The van der Waals surface area contributed by atoms with Crippen LogP contribution in [0.5, 0.6) is 11.5 Å². The summed E-state index contributed by atoms with van der Waals surface area (Å²) in [7, 11) is 0. The molecule has 2 aromatic rings. The second kappa shape index (κ2) is 7.69. The van der Waals surface area contributed by atoms with E-state index in [-0.39, 0.29) is 34.4 Å². The first-order valence-electron chi connectivity index (χ1n) is 8.22. The van der Waals surface area contributed by atoms with E-state index in [9.17, 15) is 33.7 Å². The largest absolute Gasteiger partial charge is 0.573 e. The number of aromatic hydroxyl groups is 1. The van der Waals surface area contributed by atoms with Crippen LogP contribution in [0, 0.1) is 32.9 Å². The van der Waals surface area contributed by atoms with Crippen LogP contribution in [-0.2, 0) is 0 Å². The van der Waals surface area contributed by atoms with Gasteiger partial charge in [0.15, 0.2) is 11.9 Å². The van der Waals surface area contributed by atoms with Gasteiger partial charge in [-0.1, -0.05) is 0 Å².